The fourth-order valence-electron chi connectivity index (χ4n) is 4.03. The number of nitrogens with zero attached hydrogens (tertiary/aromatic N) is 6. The van der Waals surface area contributed by atoms with Crippen molar-refractivity contribution < 1.29 is 19.0 Å². The zero-order valence-electron chi connectivity index (χ0n) is 20.2. The molecular formula is C24H32N6O4. The minimum Gasteiger partial charge on any atom is -0.493 e. The Morgan fingerprint density at radius 3 is 2.32 bits per heavy atom. The van der Waals surface area contributed by atoms with E-state index >= 15 is 0 Å². The molecule has 0 bridgehead atoms. The normalized spacial score (nSPS) is 14.3. The van der Waals surface area contributed by atoms with Gasteiger partial charge >= 0.3 is 0 Å². The summed E-state index contributed by atoms with van der Waals surface area (Å²) in [6, 6.07) is 7.15. The van der Waals surface area contributed by atoms with E-state index in [1.165, 1.54) is 5.56 Å². The molecule has 10 heteroatoms. The van der Waals surface area contributed by atoms with Crippen molar-refractivity contribution in [3.8, 4) is 17.2 Å². The van der Waals surface area contributed by atoms with Crippen LogP contribution in [0.25, 0.3) is 0 Å². The van der Waals surface area contributed by atoms with E-state index < -0.39 is 0 Å². The molecule has 1 aliphatic rings. The Kier molecular flexibility index (Phi) is 7.36. The number of carbonyl (C=O) groups excluding carboxylic acids is 1. The van der Waals surface area contributed by atoms with E-state index in [2.05, 4.69) is 28.2 Å². The molecule has 0 aliphatic carbocycles. The van der Waals surface area contributed by atoms with Crippen LogP contribution in [-0.4, -0.2) is 75.7 Å². The molecule has 1 fully saturated rings. The summed E-state index contributed by atoms with van der Waals surface area (Å²) in [6.07, 6.45) is 3.85. The summed E-state index contributed by atoms with van der Waals surface area (Å²) < 4.78 is 20.1. The number of hydrogen-bond acceptors (Lipinski definition) is 7. The van der Waals surface area contributed by atoms with Crippen LogP contribution in [0.2, 0.25) is 0 Å². The van der Waals surface area contributed by atoms with Crippen molar-refractivity contribution in [2.24, 2.45) is 0 Å². The predicted octanol–water partition coefficient (Wildman–Crippen LogP) is 2.42. The second-order valence-corrected chi connectivity index (χ2v) is 8.17. The van der Waals surface area contributed by atoms with Gasteiger partial charge in [0.2, 0.25) is 5.75 Å². The Morgan fingerprint density at radius 1 is 1.00 bits per heavy atom. The van der Waals surface area contributed by atoms with E-state index in [-0.39, 0.29) is 12.6 Å². The molecule has 0 atom stereocenters. The number of carbonyl (C=O) groups is 1. The third-order valence-corrected chi connectivity index (χ3v) is 6.01. The Balaban J connectivity index is 1.31. The maximum atomic E-state index is 13.0. The molecule has 3 aromatic rings. The quantitative estimate of drug-likeness (QED) is 0.477. The third kappa shape index (κ3) is 5.17. The van der Waals surface area contributed by atoms with E-state index in [9.17, 15) is 4.79 Å². The second-order valence-electron chi connectivity index (χ2n) is 8.17. The van der Waals surface area contributed by atoms with Gasteiger partial charge in [0.15, 0.2) is 23.9 Å². The van der Waals surface area contributed by atoms with Crippen LogP contribution in [0.15, 0.2) is 36.7 Å². The number of ether oxygens (including phenoxy) is 3. The first-order valence-electron chi connectivity index (χ1n) is 11.4. The second kappa shape index (κ2) is 10.6. The van der Waals surface area contributed by atoms with Crippen molar-refractivity contribution in [1.82, 2.24) is 29.4 Å². The van der Waals surface area contributed by atoms with Gasteiger partial charge in [-0.25, -0.2) is 4.68 Å². The number of hydrogen-bond donors (Lipinski definition) is 0. The van der Waals surface area contributed by atoms with Gasteiger partial charge in [0.1, 0.15) is 0 Å². The van der Waals surface area contributed by atoms with Gasteiger partial charge in [0.25, 0.3) is 5.91 Å². The monoisotopic (exact) mass is 468 g/mol. The number of amides is 1. The van der Waals surface area contributed by atoms with Crippen molar-refractivity contribution in [2.45, 2.75) is 33.7 Å². The Hall–Kier alpha value is -3.53. The zero-order chi connectivity index (χ0) is 24.1. The van der Waals surface area contributed by atoms with E-state index in [1.807, 2.05) is 22.6 Å². The first kappa shape index (κ1) is 23.6. The summed E-state index contributed by atoms with van der Waals surface area (Å²) in [5, 5.41) is 8.94. The molecule has 0 unspecified atom stereocenters. The Morgan fingerprint density at radius 2 is 1.71 bits per heavy atom. The largest absolute Gasteiger partial charge is 0.493 e. The van der Waals surface area contributed by atoms with Crippen molar-refractivity contribution in [2.75, 3.05) is 40.4 Å². The summed E-state index contributed by atoms with van der Waals surface area (Å²) in [5.41, 5.74) is 2.72. The van der Waals surface area contributed by atoms with Gasteiger partial charge in [-0.15, -0.1) is 0 Å². The van der Waals surface area contributed by atoms with Crippen LogP contribution in [0, 0.1) is 6.92 Å². The molecular weight excluding hydrogens is 436 g/mol. The molecule has 1 amide bonds. The summed E-state index contributed by atoms with van der Waals surface area (Å²) in [5.74, 6) is 1.56. The maximum absolute atomic E-state index is 13.0. The van der Waals surface area contributed by atoms with Crippen LogP contribution >= 0.6 is 0 Å². The summed E-state index contributed by atoms with van der Waals surface area (Å²) in [7, 11) is 3.15. The fraction of sp³-hybridized carbons (Fsp3) is 0.458. The number of piperazine rings is 1. The summed E-state index contributed by atoms with van der Waals surface area (Å²) >= 11 is 0. The van der Waals surface area contributed by atoms with Gasteiger partial charge in [-0.1, -0.05) is 6.07 Å². The van der Waals surface area contributed by atoms with Crippen LogP contribution in [0.4, 0.5) is 0 Å². The molecule has 0 spiro atoms. The van der Waals surface area contributed by atoms with Crippen molar-refractivity contribution >= 4 is 5.91 Å². The smallest absolute Gasteiger partial charge is 0.274 e. The molecule has 1 aliphatic heterocycles. The molecule has 0 radical (unpaired) electrons. The SMILES string of the molecule is CCn1cc(CN2CCN(C(=O)c3ccn(COc4c(OC)cccc4OC)n3)CC2)c(C)n1. The highest BCUT2D eigenvalue weighted by atomic mass is 16.5. The van der Waals surface area contributed by atoms with E-state index in [1.54, 1.807) is 43.3 Å². The van der Waals surface area contributed by atoms with Crippen LogP contribution in [-0.2, 0) is 19.8 Å². The average molecular weight is 469 g/mol. The molecule has 1 aromatic carbocycles. The van der Waals surface area contributed by atoms with Gasteiger partial charge < -0.3 is 19.1 Å². The average Bonchev–Trinajstić information content (AvgIpc) is 3.49. The van der Waals surface area contributed by atoms with Crippen LogP contribution in [0.1, 0.15) is 28.7 Å². The van der Waals surface area contributed by atoms with E-state index in [0.29, 0.717) is 36.0 Å². The number of methoxy groups -OCH3 is 2. The highest BCUT2D eigenvalue weighted by molar-refractivity contribution is 5.92. The zero-order valence-corrected chi connectivity index (χ0v) is 20.2. The lowest BCUT2D eigenvalue weighted by Gasteiger charge is -2.34. The van der Waals surface area contributed by atoms with Gasteiger partial charge in [0, 0.05) is 57.2 Å². The lowest BCUT2D eigenvalue weighted by atomic mass is 10.2. The van der Waals surface area contributed by atoms with Crippen LogP contribution < -0.4 is 14.2 Å². The minimum atomic E-state index is -0.0664. The predicted molar refractivity (Wildman–Crippen MR) is 126 cm³/mol. The molecule has 0 N–H and O–H groups in total. The molecule has 182 valence electrons. The highest BCUT2D eigenvalue weighted by Crippen LogP contribution is 2.36. The number of para-hydroxylation sites is 1. The highest BCUT2D eigenvalue weighted by Gasteiger charge is 2.24. The Bertz CT molecular complexity index is 1090. The first-order valence-corrected chi connectivity index (χ1v) is 11.4. The van der Waals surface area contributed by atoms with Crippen molar-refractivity contribution in [1.29, 1.82) is 0 Å². The molecule has 2 aromatic heterocycles. The van der Waals surface area contributed by atoms with E-state index in [0.717, 1.165) is 31.9 Å². The number of aryl methyl sites for hydroxylation is 2. The molecule has 1 saturated heterocycles. The number of aromatic nitrogens is 4. The summed E-state index contributed by atoms with van der Waals surface area (Å²) in [6.45, 7) is 8.96. The van der Waals surface area contributed by atoms with Gasteiger partial charge in [-0.05, 0) is 32.0 Å². The summed E-state index contributed by atoms with van der Waals surface area (Å²) in [4.78, 5) is 17.2. The van der Waals surface area contributed by atoms with Gasteiger partial charge in [0.05, 0.1) is 19.9 Å². The lowest BCUT2D eigenvalue weighted by Crippen LogP contribution is -2.48. The van der Waals surface area contributed by atoms with Crippen molar-refractivity contribution in [3.05, 3.63) is 53.6 Å². The Labute approximate surface area is 199 Å². The molecule has 4 rings (SSSR count). The van der Waals surface area contributed by atoms with E-state index in [4.69, 9.17) is 14.2 Å². The number of benzene rings is 1. The third-order valence-electron chi connectivity index (χ3n) is 6.01. The topological polar surface area (TPSA) is 86.9 Å². The minimum absolute atomic E-state index is 0.0664. The van der Waals surface area contributed by atoms with Gasteiger partial charge in [-0.2, -0.15) is 10.2 Å². The first-order chi connectivity index (χ1) is 16.5. The lowest BCUT2D eigenvalue weighted by molar-refractivity contribution is 0.0620. The molecule has 0 saturated carbocycles. The molecule has 10 nitrogen and oxygen atoms in total. The van der Waals surface area contributed by atoms with Crippen LogP contribution in [0.5, 0.6) is 17.2 Å². The molecule has 34 heavy (non-hydrogen) atoms. The standard InChI is InChI=1S/C24H32N6O4/c1-5-29-16-19(18(2)25-29)15-27-11-13-28(14-12-27)24(31)20-9-10-30(26-20)17-34-23-21(32-3)7-6-8-22(23)33-4/h6-10,16H,5,11-15,17H2,1-4H3. The molecule has 3 heterocycles. The van der Waals surface area contributed by atoms with Crippen molar-refractivity contribution in [3.63, 3.8) is 0 Å². The fourth-order valence-corrected chi connectivity index (χ4v) is 4.03. The van der Waals surface area contributed by atoms with Gasteiger partial charge in [-0.3, -0.25) is 14.4 Å². The number of rotatable bonds is 9. The van der Waals surface area contributed by atoms with Crippen LogP contribution in [0.3, 0.4) is 0 Å². The maximum Gasteiger partial charge on any atom is 0.274 e.